The summed E-state index contributed by atoms with van der Waals surface area (Å²) in [7, 11) is 0. The normalized spacial score (nSPS) is 15.2. The standard InChI is InChI=1S/C20H22N6/c1-11(2)26-12(3)24-20-17(26)7-14(8-21-20)15-9-23-19-16(15)10-22-18(25-19)13-5-4-6-13/h7-11,13H,4-6H2,1-3H3,(H,22,23,25). The molecule has 0 amide bonds. The molecular weight excluding hydrogens is 324 g/mol. The van der Waals surface area contributed by atoms with Crippen LogP contribution in [0.25, 0.3) is 33.3 Å². The van der Waals surface area contributed by atoms with Crippen molar-refractivity contribution in [2.24, 2.45) is 0 Å². The van der Waals surface area contributed by atoms with E-state index in [0.717, 1.165) is 45.0 Å². The third-order valence-electron chi connectivity index (χ3n) is 5.47. The molecule has 0 atom stereocenters. The molecule has 0 aliphatic heterocycles. The smallest absolute Gasteiger partial charge is 0.177 e. The Morgan fingerprint density at radius 3 is 2.73 bits per heavy atom. The zero-order valence-corrected chi connectivity index (χ0v) is 15.3. The van der Waals surface area contributed by atoms with Gasteiger partial charge in [0.15, 0.2) is 5.65 Å². The number of pyridine rings is 1. The Hall–Kier alpha value is -2.76. The summed E-state index contributed by atoms with van der Waals surface area (Å²) in [4.78, 5) is 21.9. The number of nitrogens with zero attached hydrogens (tertiary/aromatic N) is 5. The zero-order valence-electron chi connectivity index (χ0n) is 15.3. The predicted molar refractivity (Wildman–Crippen MR) is 102 cm³/mol. The van der Waals surface area contributed by atoms with Crippen molar-refractivity contribution >= 4 is 22.2 Å². The van der Waals surface area contributed by atoms with Gasteiger partial charge in [0.2, 0.25) is 0 Å². The highest BCUT2D eigenvalue weighted by Crippen LogP contribution is 2.36. The van der Waals surface area contributed by atoms with Crippen LogP contribution < -0.4 is 0 Å². The van der Waals surface area contributed by atoms with Gasteiger partial charge in [-0.1, -0.05) is 6.42 Å². The predicted octanol–water partition coefficient (Wildman–Crippen LogP) is 4.53. The molecule has 0 spiro atoms. The summed E-state index contributed by atoms with van der Waals surface area (Å²) in [6.07, 6.45) is 9.56. The van der Waals surface area contributed by atoms with E-state index in [1.807, 2.05) is 25.5 Å². The van der Waals surface area contributed by atoms with Crippen LogP contribution in [0.2, 0.25) is 0 Å². The number of hydrogen-bond donors (Lipinski definition) is 1. The SMILES string of the molecule is Cc1nc2ncc(-c3c[nH]c4nc(C5CCC5)ncc34)cc2n1C(C)C. The van der Waals surface area contributed by atoms with E-state index >= 15 is 0 Å². The van der Waals surface area contributed by atoms with Gasteiger partial charge in [0.25, 0.3) is 0 Å². The first-order valence-electron chi connectivity index (χ1n) is 9.31. The van der Waals surface area contributed by atoms with Crippen molar-refractivity contribution in [2.75, 3.05) is 0 Å². The fraction of sp³-hybridized carbons (Fsp3) is 0.400. The summed E-state index contributed by atoms with van der Waals surface area (Å²) in [5, 5.41) is 1.04. The minimum atomic E-state index is 0.341. The average Bonchev–Trinajstić information content (AvgIpc) is 3.12. The Bertz CT molecular complexity index is 1120. The molecule has 0 saturated heterocycles. The monoisotopic (exact) mass is 346 g/mol. The number of hydrogen-bond acceptors (Lipinski definition) is 4. The maximum atomic E-state index is 4.75. The van der Waals surface area contributed by atoms with Crippen molar-refractivity contribution in [3.8, 4) is 11.1 Å². The van der Waals surface area contributed by atoms with Crippen molar-refractivity contribution in [1.82, 2.24) is 29.5 Å². The van der Waals surface area contributed by atoms with Crippen LogP contribution in [0.4, 0.5) is 0 Å². The van der Waals surface area contributed by atoms with Gasteiger partial charge in [-0.15, -0.1) is 0 Å². The summed E-state index contributed by atoms with van der Waals surface area (Å²) in [5.41, 5.74) is 4.92. The first-order valence-corrected chi connectivity index (χ1v) is 9.31. The minimum absolute atomic E-state index is 0.341. The van der Waals surface area contributed by atoms with E-state index in [2.05, 4.69) is 44.4 Å². The van der Waals surface area contributed by atoms with E-state index in [1.54, 1.807) is 0 Å². The number of aromatic amines is 1. The maximum absolute atomic E-state index is 4.75. The van der Waals surface area contributed by atoms with Gasteiger partial charge in [0, 0.05) is 47.1 Å². The van der Waals surface area contributed by atoms with Gasteiger partial charge in [0.1, 0.15) is 17.3 Å². The van der Waals surface area contributed by atoms with Crippen molar-refractivity contribution in [3.05, 3.63) is 36.3 Å². The second-order valence-electron chi connectivity index (χ2n) is 7.51. The number of aryl methyl sites for hydroxylation is 1. The molecule has 1 aliphatic carbocycles. The molecule has 1 aliphatic rings. The van der Waals surface area contributed by atoms with Crippen molar-refractivity contribution in [1.29, 1.82) is 0 Å². The highest BCUT2D eigenvalue weighted by atomic mass is 15.1. The van der Waals surface area contributed by atoms with Gasteiger partial charge in [0.05, 0.1) is 5.52 Å². The van der Waals surface area contributed by atoms with Crippen molar-refractivity contribution < 1.29 is 0 Å². The quantitative estimate of drug-likeness (QED) is 0.592. The topological polar surface area (TPSA) is 72.3 Å². The molecule has 132 valence electrons. The van der Waals surface area contributed by atoms with Gasteiger partial charge < -0.3 is 9.55 Å². The van der Waals surface area contributed by atoms with Crippen LogP contribution in [0.5, 0.6) is 0 Å². The van der Waals surface area contributed by atoms with E-state index in [1.165, 1.54) is 19.3 Å². The summed E-state index contributed by atoms with van der Waals surface area (Å²) in [5.74, 6) is 2.50. The Balaban J connectivity index is 1.64. The first-order chi connectivity index (χ1) is 12.6. The lowest BCUT2D eigenvalue weighted by Gasteiger charge is -2.23. The molecule has 5 rings (SSSR count). The van der Waals surface area contributed by atoms with Crippen LogP contribution in [0.15, 0.2) is 24.7 Å². The fourth-order valence-electron chi connectivity index (χ4n) is 3.91. The van der Waals surface area contributed by atoms with Crippen LogP contribution in [0.3, 0.4) is 0 Å². The van der Waals surface area contributed by atoms with Gasteiger partial charge in [-0.2, -0.15) is 0 Å². The maximum Gasteiger partial charge on any atom is 0.177 e. The number of nitrogens with one attached hydrogen (secondary N) is 1. The van der Waals surface area contributed by atoms with Gasteiger partial charge in [-0.25, -0.2) is 19.9 Å². The van der Waals surface area contributed by atoms with Gasteiger partial charge in [-0.3, -0.25) is 0 Å². The molecule has 1 fully saturated rings. The van der Waals surface area contributed by atoms with Crippen LogP contribution in [-0.2, 0) is 0 Å². The highest BCUT2D eigenvalue weighted by Gasteiger charge is 2.23. The molecular formula is C20H22N6. The van der Waals surface area contributed by atoms with E-state index in [4.69, 9.17) is 4.98 Å². The number of aromatic nitrogens is 6. The molecule has 4 aromatic heterocycles. The molecule has 0 radical (unpaired) electrons. The van der Waals surface area contributed by atoms with Gasteiger partial charge >= 0.3 is 0 Å². The first kappa shape index (κ1) is 15.5. The lowest BCUT2D eigenvalue weighted by atomic mass is 9.85. The lowest BCUT2D eigenvalue weighted by Crippen LogP contribution is -2.12. The summed E-state index contributed by atoms with van der Waals surface area (Å²) in [6.45, 7) is 6.37. The van der Waals surface area contributed by atoms with E-state index in [0.29, 0.717) is 12.0 Å². The molecule has 0 aromatic carbocycles. The lowest BCUT2D eigenvalue weighted by molar-refractivity contribution is 0.402. The number of H-pyrrole nitrogens is 1. The number of rotatable bonds is 3. The Morgan fingerprint density at radius 2 is 2.00 bits per heavy atom. The third-order valence-corrected chi connectivity index (χ3v) is 5.47. The van der Waals surface area contributed by atoms with E-state index in [-0.39, 0.29) is 0 Å². The fourth-order valence-corrected chi connectivity index (χ4v) is 3.91. The number of fused-ring (bicyclic) bond motifs is 2. The van der Waals surface area contributed by atoms with Crippen LogP contribution in [-0.4, -0.2) is 29.5 Å². The van der Waals surface area contributed by atoms with E-state index < -0.39 is 0 Å². The Kier molecular flexibility index (Phi) is 3.35. The molecule has 0 unspecified atom stereocenters. The third kappa shape index (κ3) is 2.25. The summed E-state index contributed by atoms with van der Waals surface area (Å²) in [6, 6.07) is 2.51. The molecule has 0 bridgehead atoms. The Labute approximate surface area is 151 Å². The average molecular weight is 346 g/mol. The summed E-state index contributed by atoms with van der Waals surface area (Å²) >= 11 is 0. The minimum Gasteiger partial charge on any atom is -0.345 e. The molecule has 1 N–H and O–H groups in total. The van der Waals surface area contributed by atoms with Crippen molar-refractivity contribution in [3.63, 3.8) is 0 Å². The van der Waals surface area contributed by atoms with E-state index in [9.17, 15) is 0 Å². The molecule has 1 saturated carbocycles. The van der Waals surface area contributed by atoms with Crippen LogP contribution >= 0.6 is 0 Å². The van der Waals surface area contributed by atoms with Crippen LogP contribution in [0, 0.1) is 6.92 Å². The zero-order chi connectivity index (χ0) is 17.8. The highest BCUT2D eigenvalue weighted by molar-refractivity contribution is 5.94. The van der Waals surface area contributed by atoms with Gasteiger partial charge in [-0.05, 0) is 39.7 Å². The second-order valence-corrected chi connectivity index (χ2v) is 7.51. The molecule has 4 heterocycles. The second kappa shape index (κ2) is 5.62. The molecule has 4 aromatic rings. The molecule has 26 heavy (non-hydrogen) atoms. The molecule has 6 nitrogen and oxygen atoms in total. The van der Waals surface area contributed by atoms with Crippen LogP contribution in [0.1, 0.15) is 56.7 Å². The largest absolute Gasteiger partial charge is 0.345 e. The number of imidazole rings is 1. The molecule has 6 heteroatoms. The Morgan fingerprint density at radius 1 is 1.15 bits per heavy atom. The summed E-state index contributed by atoms with van der Waals surface area (Å²) < 4.78 is 2.23. The van der Waals surface area contributed by atoms with Crippen molar-refractivity contribution in [2.45, 2.75) is 52.0 Å².